The highest BCUT2D eigenvalue weighted by atomic mass is 35.5. The quantitative estimate of drug-likeness (QED) is 0.645. The van der Waals surface area contributed by atoms with E-state index in [0.717, 1.165) is 25.2 Å². The first-order valence-corrected chi connectivity index (χ1v) is 4.91. The Morgan fingerprint density at radius 2 is 2.43 bits per heavy atom. The number of nitrogens with two attached hydrogens (primary N) is 1. The van der Waals surface area contributed by atoms with Crippen LogP contribution >= 0.6 is 11.6 Å². The van der Waals surface area contributed by atoms with Gasteiger partial charge in [-0.1, -0.05) is 0 Å². The highest BCUT2D eigenvalue weighted by Gasteiger charge is 2.30. The topological polar surface area (TPSA) is 71.0 Å². The maximum Gasteiger partial charge on any atom is 0.288 e. The van der Waals surface area contributed by atoms with Gasteiger partial charge >= 0.3 is 0 Å². The van der Waals surface area contributed by atoms with Crippen LogP contribution in [0, 0.1) is 0 Å². The SMILES string of the molecule is NC1CCN(C2=CN=NC(=O)C2Cl)C1. The van der Waals surface area contributed by atoms with Crippen LogP contribution in [0.1, 0.15) is 6.42 Å². The Hall–Kier alpha value is -0.940. The molecule has 14 heavy (non-hydrogen) atoms. The molecule has 1 saturated heterocycles. The number of carbonyl (C=O) groups is 1. The zero-order chi connectivity index (χ0) is 10.1. The van der Waals surface area contributed by atoms with E-state index in [1.165, 1.54) is 6.20 Å². The Balaban J connectivity index is 2.14. The highest BCUT2D eigenvalue weighted by molar-refractivity contribution is 6.33. The first-order valence-electron chi connectivity index (χ1n) is 4.48. The van der Waals surface area contributed by atoms with E-state index < -0.39 is 11.3 Å². The number of alkyl halides is 1. The molecule has 2 unspecified atom stereocenters. The average molecular weight is 215 g/mol. The fourth-order valence-electron chi connectivity index (χ4n) is 1.65. The first kappa shape index (κ1) is 9.61. The molecule has 0 bridgehead atoms. The summed E-state index contributed by atoms with van der Waals surface area (Å²) < 4.78 is 0. The van der Waals surface area contributed by atoms with E-state index in [-0.39, 0.29) is 6.04 Å². The maximum absolute atomic E-state index is 11.2. The van der Waals surface area contributed by atoms with Crippen molar-refractivity contribution in [1.29, 1.82) is 0 Å². The number of rotatable bonds is 1. The Bertz CT molecular complexity index is 314. The molecule has 5 nitrogen and oxygen atoms in total. The Morgan fingerprint density at radius 3 is 3.07 bits per heavy atom. The van der Waals surface area contributed by atoms with Gasteiger partial charge in [-0.25, -0.2) is 0 Å². The van der Waals surface area contributed by atoms with Gasteiger partial charge in [-0.05, 0) is 6.42 Å². The van der Waals surface area contributed by atoms with Gasteiger partial charge in [0.2, 0.25) is 0 Å². The van der Waals surface area contributed by atoms with Gasteiger partial charge in [-0.3, -0.25) is 4.79 Å². The lowest BCUT2D eigenvalue weighted by Crippen LogP contribution is -2.32. The lowest BCUT2D eigenvalue weighted by atomic mass is 10.2. The van der Waals surface area contributed by atoms with Gasteiger partial charge in [0.05, 0.1) is 11.9 Å². The van der Waals surface area contributed by atoms with E-state index in [9.17, 15) is 4.79 Å². The van der Waals surface area contributed by atoms with Crippen LogP contribution in [-0.2, 0) is 4.79 Å². The fraction of sp³-hybridized carbons (Fsp3) is 0.625. The van der Waals surface area contributed by atoms with Crippen molar-refractivity contribution < 1.29 is 4.79 Å². The predicted octanol–water partition coefficient (Wildman–Crippen LogP) is 0.461. The molecule has 0 aromatic carbocycles. The molecular weight excluding hydrogens is 204 g/mol. The van der Waals surface area contributed by atoms with E-state index in [0.29, 0.717) is 0 Å². The second kappa shape index (κ2) is 3.67. The Labute approximate surface area is 86.6 Å². The Kier molecular flexibility index (Phi) is 2.52. The van der Waals surface area contributed by atoms with Gasteiger partial charge < -0.3 is 10.6 Å². The van der Waals surface area contributed by atoms with E-state index in [4.69, 9.17) is 17.3 Å². The van der Waals surface area contributed by atoms with Crippen molar-refractivity contribution in [2.24, 2.45) is 16.0 Å². The predicted molar refractivity (Wildman–Crippen MR) is 51.8 cm³/mol. The molecule has 0 radical (unpaired) electrons. The summed E-state index contributed by atoms with van der Waals surface area (Å²) in [7, 11) is 0. The molecule has 1 amide bonds. The minimum absolute atomic E-state index is 0.161. The molecule has 2 N–H and O–H groups in total. The lowest BCUT2D eigenvalue weighted by molar-refractivity contribution is -0.117. The summed E-state index contributed by atoms with van der Waals surface area (Å²) in [5, 5.41) is 6.28. The summed E-state index contributed by atoms with van der Waals surface area (Å²) in [6.45, 7) is 1.57. The summed E-state index contributed by atoms with van der Waals surface area (Å²) in [4.78, 5) is 13.2. The van der Waals surface area contributed by atoms with Gasteiger partial charge in [-0.2, -0.15) is 5.11 Å². The number of amides is 1. The number of azo groups is 1. The largest absolute Gasteiger partial charge is 0.370 e. The third-order valence-corrected chi connectivity index (χ3v) is 2.82. The van der Waals surface area contributed by atoms with Crippen molar-refractivity contribution in [2.75, 3.05) is 13.1 Å². The third-order valence-electron chi connectivity index (χ3n) is 2.41. The summed E-state index contributed by atoms with van der Waals surface area (Å²) in [6.07, 6.45) is 2.46. The molecule has 2 aliphatic heterocycles. The number of hydrogen-bond donors (Lipinski definition) is 1. The number of carbonyl (C=O) groups excluding carboxylic acids is 1. The summed E-state index contributed by atoms with van der Waals surface area (Å²) in [6, 6.07) is 0.161. The lowest BCUT2D eigenvalue weighted by Gasteiger charge is -2.24. The van der Waals surface area contributed by atoms with Crippen LogP contribution in [0.5, 0.6) is 0 Å². The van der Waals surface area contributed by atoms with E-state index in [1.54, 1.807) is 0 Å². The van der Waals surface area contributed by atoms with Gasteiger partial charge in [0.15, 0.2) is 5.38 Å². The number of hydrogen-bond acceptors (Lipinski definition) is 4. The summed E-state index contributed by atoms with van der Waals surface area (Å²) in [5.74, 6) is -0.398. The van der Waals surface area contributed by atoms with Crippen molar-refractivity contribution in [3.8, 4) is 0 Å². The first-order chi connectivity index (χ1) is 6.68. The molecule has 2 aliphatic rings. The molecule has 6 heteroatoms. The van der Waals surface area contributed by atoms with Crippen molar-refractivity contribution >= 4 is 17.5 Å². The molecule has 76 valence electrons. The second-order valence-electron chi connectivity index (χ2n) is 3.46. The van der Waals surface area contributed by atoms with Crippen LogP contribution in [-0.4, -0.2) is 35.3 Å². The van der Waals surface area contributed by atoms with Crippen molar-refractivity contribution in [2.45, 2.75) is 17.8 Å². The normalized spacial score (nSPS) is 32.3. The van der Waals surface area contributed by atoms with Crippen LogP contribution < -0.4 is 5.73 Å². The zero-order valence-corrected chi connectivity index (χ0v) is 8.31. The second-order valence-corrected chi connectivity index (χ2v) is 3.90. The van der Waals surface area contributed by atoms with Crippen LogP contribution in [0.3, 0.4) is 0 Å². The van der Waals surface area contributed by atoms with E-state index in [1.807, 2.05) is 4.90 Å². The van der Waals surface area contributed by atoms with E-state index >= 15 is 0 Å². The standard InChI is InChI=1S/C8H11ClN4O/c9-7-6(3-11-12-8(7)14)13-2-1-5(10)4-13/h3,5,7H,1-2,4,10H2. The molecule has 0 aromatic heterocycles. The van der Waals surface area contributed by atoms with Crippen LogP contribution in [0.25, 0.3) is 0 Å². The molecule has 2 heterocycles. The molecule has 2 rings (SSSR count). The molecule has 0 aliphatic carbocycles. The minimum Gasteiger partial charge on any atom is -0.370 e. The van der Waals surface area contributed by atoms with Crippen molar-refractivity contribution in [3.63, 3.8) is 0 Å². The molecule has 2 atom stereocenters. The van der Waals surface area contributed by atoms with Crippen LogP contribution in [0.2, 0.25) is 0 Å². The van der Waals surface area contributed by atoms with Gasteiger partial charge in [0, 0.05) is 19.1 Å². The van der Waals surface area contributed by atoms with Crippen LogP contribution in [0.15, 0.2) is 22.1 Å². The molecule has 0 aromatic rings. The highest BCUT2D eigenvalue weighted by Crippen LogP contribution is 2.23. The zero-order valence-electron chi connectivity index (χ0n) is 7.56. The summed E-state index contributed by atoms with van der Waals surface area (Å²) >= 11 is 5.91. The fourth-order valence-corrected chi connectivity index (χ4v) is 1.89. The smallest absolute Gasteiger partial charge is 0.288 e. The molecular formula is C8H11ClN4O. The monoisotopic (exact) mass is 214 g/mol. The average Bonchev–Trinajstić information content (AvgIpc) is 2.57. The third kappa shape index (κ3) is 1.65. The van der Waals surface area contributed by atoms with E-state index in [2.05, 4.69) is 10.2 Å². The van der Waals surface area contributed by atoms with Crippen LogP contribution in [0.4, 0.5) is 0 Å². The number of halogens is 1. The van der Waals surface area contributed by atoms with Gasteiger partial charge in [-0.15, -0.1) is 16.7 Å². The molecule has 1 fully saturated rings. The maximum atomic E-state index is 11.2. The number of nitrogens with zero attached hydrogens (tertiary/aromatic N) is 3. The molecule has 0 spiro atoms. The van der Waals surface area contributed by atoms with Gasteiger partial charge in [0.1, 0.15) is 0 Å². The molecule has 0 saturated carbocycles. The van der Waals surface area contributed by atoms with Gasteiger partial charge in [0.25, 0.3) is 5.91 Å². The summed E-state index contributed by atoms with van der Waals surface area (Å²) in [5.41, 5.74) is 6.48. The van der Waals surface area contributed by atoms with Crippen molar-refractivity contribution in [3.05, 3.63) is 11.9 Å². The van der Waals surface area contributed by atoms with Crippen molar-refractivity contribution in [1.82, 2.24) is 4.90 Å². The Morgan fingerprint density at radius 1 is 1.64 bits per heavy atom. The minimum atomic E-state index is -0.696. The number of likely N-dealkylation sites (tertiary alicyclic amines) is 1.